The van der Waals surface area contributed by atoms with E-state index >= 15 is 0 Å². The zero-order chi connectivity index (χ0) is 16.7. The average Bonchev–Trinajstić information content (AvgIpc) is 2.54. The molecule has 1 aliphatic rings. The van der Waals surface area contributed by atoms with Crippen LogP contribution in [0.2, 0.25) is 0 Å². The number of nitrogens with one attached hydrogen (secondary N) is 1. The van der Waals surface area contributed by atoms with Crippen molar-refractivity contribution in [1.29, 1.82) is 0 Å². The Hall–Kier alpha value is -1.35. The Morgan fingerprint density at radius 3 is 2.43 bits per heavy atom. The van der Waals surface area contributed by atoms with Crippen LogP contribution in [0.3, 0.4) is 0 Å². The summed E-state index contributed by atoms with van der Waals surface area (Å²) in [5.41, 5.74) is 1.34. The molecule has 0 radical (unpaired) electrons. The maximum atomic E-state index is 12.4. The summed E-state index contributed by atoms with van der Waals surface area (Å²) in [5.74, 6) is 1.17. The smallest absolute Gasteiger partial charge is 0.223 e. The Morgan fingerprint density at radius 1 is 1.17 bits per heavy atom. The normalized spacial score (nSPS) is 18.1. The Labute approximate surface area is 141 Å². The fourth-order valence-electron chi connectivity index (χ4n) is 3.35. The summed E-state index contributed by atoms with van der Waals surface area (Å²) < 4.78 is 0. The first-order valence-electron chi connectivity index (χ1n) is 9.11. The molecule has 3 nitrogen and oxygen atoms in total. The number of nitrogens with zero attached hydrogens (tertiary/aromatic N) is 1. The zero-order valence-electron chi connectivity index (χ0n) is 14.9. The van der Waals surface area contributed by atoms with Crippen molar-refractivity contribution in [2.45, 2.75) is 52.5 Å². The Kier molecular flexibility index (Phi) is 7.10. The quantitative estimate of drug-likeness (QED) is 0.835. The summed E-state index contributed by atoms with van der Waals surface area (Å²) in [4.78, 5) is 14.9. The van der Waals surface area contributed by atoms with Crippen molar-refractivity contribution in [1.82, 2.24) is 10.2 Å². The first kappa shape index (κ1) is 18.0. The lowest BCUT2D eigenvalue weighted by atomic mass is 9.94. The van der Waals surface area contributed by atoms with Gasteiger partial charge in [0.25, 0.3) is 0 Å². The summed E-state index contributed by atoms with van der Waals surface area (Å²) in [6.07, 6.45) is 4.03. The van der Waals surface area contributed by atoms with E-state index in [0.29, 0.717) is 5.92 Å². The highest BCUT2D eigenvalue weighted by molar-refractivity contribution is 5.79. The number of likely N-dealkylation sites (tertiary alicyclic amines) is 1. The molecule has 2 rings (SSSR count). The van der Waals surface area contributed by atoms with E-state index in [1.54, 1.807) is 0 Å². The van der Waals surface area contributed by atoms with Gasteiger partial charge in [-0.15, -0.1) is 0 Å². The third kappa shape index (κ3) is 6.34. The van der Waals surface area contributed by atoms with Gasteiger partial charge in [0.2, 0.25) is 5.91 Å². The molecule has 1 saturated heterocycles. The van der Waals surface area contributed by atoms with Crippen LogP contribution in [0.5, 0.6) is 0 Å². The molecule has 0 saturated carbocycles. The van der Waals surface area contributed by atoms with Crippen molar-refractivity contribution in [2.24, 2.45) is 11.8 Å². The van der Waals surface area contributed by atoms with Crippen LogP contribution in [-0.4, -0.2) is 36.5 Å². The Bertz CT molecular complexity index is 464. The summed E-state index contributed by atoms with van der Waals surface area (Å²) in [6.45, 7) is 9.92. The van der Waals surface area contributed by atoms with Crippen molar-refractivity contribution in [2.75, 3.05) is 19.6 Å². The number of amides is 1. The minimum Gasteiger partial charge on any atom is -0.353 e. The van der Waals surface area contributed by atoms with E-state index in [1.165, 1.54) is 5.56 Å². The number of hydrogen-bond donors (Lipinski definition) is 1. The second-order valence-electron chi connectivity index (χ2n) is 7.40. The van der Waals surface area contributed by atoms with Crippen LogP contribution in [0.4, 0.5) is 0 Å². The Morgan fingerprint density at radius 2 is 1.83 bits per heavy atom. The number of aryl methyl sites for hydroxylation is 1. The minimum absolute atomic E-state index is 0.206. The lowest BCUT2D eigenvalue weighted by Crippen LogP contribution is -2.43. The van der Waals surface area contributed by atoms with Crippen LogP contribution < -0.4 is 5.32 Å². The van der Waals surface area contributed by atoms with Gasteiger partial charge in [0, 0.05) is 18.5 Å². The van der Waals surface area contributed by atoms with Crippen molar-refractivity contribution in [3.8, 4) is 0 Å². The van der Waals surface area contributed by atoms with Gasteiger partial charge in [0.1, 0.15) is 0 Å². The summed E-state index contributed by atoms with van der Waals surface area (Å²) in [6, 6.07) is 10.7. The number of piperidine rings is 1. The molecule has 128 valence electrons. The van der Waals surface area contributed by atoms with E-state index in [4.69, 9.17) is 0 Å². The number of benzene rings is 1. The molecule has 1 aliphatic heterocycles. The zero-order valence-corrected chi connectivity index (χ0v) is 14.9. The highest BCUT2D eigenvalue weighted by atomic mass is 16.1. The van der Waals surface area contributed by atoms with Crippen molar-refractivity contribution < 1.29 is 4.79 Å². The standard InChI is InChI=1S/C20H32N2O/c1-16(2)15-22-13-11-19(12-14-22)20(23)21-17(3)9-10-18-7-5-4-6-8-18/h4-8,16-17,19H,9-15H2,1-3H3,(H,21,23)/t17-/m0/s1. The predicted molar refractivity (Wildman–Crippen MR) is 96.4 cm³/mol. The molecule has 0 aromatic heterocycles. The maximum absolute atomic E-state index is 12.4. The molecule has 1 heterocycles. The molecular formula is C20H32N2O. The fraction of sp³-hybridized carbons (Fsp3) is 0.650. The first-order valence-corrected chi connectivity index (χ1v) is 9.11. The van der Waals surface area contributed by atoms with Crippen LogP contribution in [0.15, 0.2) is 30.3 Å². The van der Waals surface area contributed by atoms with Crippen LogP contribution in [0, 0.1) is 11.8 Å². The summed E-state index contributed by atoms with van der Waals surface area (Å²) >= 11 is 0. The molecule has 0 unspecified atom stereocenters. The average molecular weight is 316 g/mol. The molecule has 1 amide bonds. The molecular weight excluding hydrogens is 284 g/mol. The SMILES string of the molecule is CC(C)CN1CCC(C(=O)N[C@@H](C)CCc2ccccc2)CC1. The molecule has 1 N–H and O–H groups in total. The van der Waals surface area contributed by atoms with E-state index in [0.717, 1.165) is 45.3 Å². The van der Waals surface area contributed by atoms with E-state index < -0.39 is 0 Å². The molecule has 3 heteroatoms. The van der Waals surface area contributed by atoms with Gasteiger partial charge in [-0.3, -0.25) is 4.79 Å². The third-order valence-electron chi connectivity index (χ3n) is 4.68. The van der Waals surface area contributed by atoms with Crippen LogP contribution in [-0.2, 0) is 11.2 Å². The van der Waals surface area contributed by atoms with Gasteiger partial charge in [0.05, 0.1) is 0 Å². The van der Waals surface area contributed by atoms with Gasteiger partial charge in [-0.2, -0.15) is 0 Å². The number of carbonyl (C=O) groups excluding carboxylic acids is 1. The first-order chi connectivity index (χ1) is 11.0. The second-order valence-corrected chi connectivity index (χ2v) is 7.40. The predicted octanol–water partition coefficient (Wildman–Crippen LogP) is 3.49. The number of rotatable bonds is 7. The molecule has 1 aromatic carbocycles. The molecule has 23 heavy (non-hydrogen) atoms. The van der Waals surface area contributed by atoms with E-state index in [9.17, 15) is 4.79 Å². The van der Waals surface area contributed by atoms with E-state index in [-0.39, 0.29) is 17.9 Å². The summed E-state index contributed by atoms with van der Waals surface area (Å²) in [5, 5.41) is 3.22. The lowest BCUT2D eigenvalue weighted by molar-refractivity contribution is -0.127. The van der Waals surface area contributed by atoms with E-state index in [1.807, 2.05) is 6.07 Å². The molecule has 1 fully saturated rings. The lowest BCUT2D eigenvalue weighted by Gasteiger charge is -2.32. The van der Waals surface area contributed by atoms with Crippen LogP contribution in [0.1, 0.15) is 45.6 Å². The van der Waals surface area contributed by atoms with Crippen molar-refractivity contribution in [3.63, 3.8) is 0 Å². The highest BCUT2D eigenvalue weighted by Gasteiger charge is 2.25. The summed E-state index contributed by atoms with van der Waals surface area (Å²) in [7, 11) is 0. The van der Waals surface area contributed by atoms with Crippen molar-refractivity contribution in [3.05, 3.63) is 35.9 Å². The number of carbonyl (C=O) groups is 1. The maximum Gasteiger partial charge on any atom is 0.223 e. The Balaban J connectivity index is 1.68. The van der Waals surface area contributed by atoms with Gasteiger partial charge in [-0.25, -0.2) is 0 Å². The highest BCUT2D eigenvalue weighted by Crippen LogP contribution is 2.18. The van der Waals surface area contributed by atoms with Crippen molar-refractivity contribution >= 4 is 5.91 Å². The minimum atomic E-state index is 0.206. The number of hydrogen-bond acceptors (Lipinski definition) is 2. The van der Waals surface area contributed by atoms with Gasteiger partial charge in [-0.05, 0) is 57.2 Å². The van der Waals surface area contributed by atoms with Gasteiger partial charge < -0.3 is 10.2 Å². The monoisotopic (exact) mass is 316 g/mol. The molecule has 1 atom stereocenters. The topological polar surface area (TPSA) is 32.3 Å². The van der Waals surface area contributed by atoms with Gasteiger partial charge in [0.15, 0.2) is 0 Å². The second kappa shape index (κ2) is 9.07. The molecule has 0 spiro atoms. The molecule has 0 bridgehead atoms. The molecule has 0 aliphatic carbocycles. The van der Waals surface area contributed by atoms with Gasteiger partial charge in [-0.1, -0.05) is 44.2 Å². The van der Waals surface area contributed by atoms with Gasteiger partial charge >= 0.3 is 0 Å². The third-order valence-corrected chi connectivity index (χ3v) is 4.68. The fourth-order valence-corrected chi connectivity index (χ4v) is 3.35. The van der Waals surface area contributed by atoms with Crippen LogP contribution in [0.25, 0.3) is 0 Å². The largest absolute Gasteiger partial charge is 0.353 e. The van der Waals surface area contributed by atoms with Crippen LogP contribution >= 0.6 is 0 Å². The van der Waals surface area contributed by atoms with E-state index in [2.05, 4.69) is 55.3 Å². The molecule has 1 aromatic rings.